The Bertz CT molecular complexity index is 1210. The number of ether oxygens (including phenoxy) is 1. The number of nitrogens with zero attached hydrogens (tertiary/aromatic N) is 2. The number of sulfonamides is 1. The van der Waals surface area contributed by atoms with Gasteiger partial charge in [0.25, 0.3) is 0 Å². The highest BCUT2D eigenvalue weighted by atomic mass is 32.2. The molecule has 184 valence electrons. The molecule has 1 amide bonds. The summed E-state index contributed by atoms with van der Waals surface area (Å²) in [5.41, 5.74) is 2.07. The van der Waals surface area contributed by atoms with Crippen LogP contribution >= 0.6 is 0 Å². The third-order valence-electron chi connectivity index (χ3n) is 6.32. The Morgan fingerprint density at radius 2 is 1.76 bits per heavy atom. The predicted octanol–water partition coefficient (Wildman–Crippen LogP) is 3.06. The number of benzene rings is 1. The molecular formula is C24H31N3O6S. The van der Waals surface area contributed by atoms with E-state index >= 15 is 0 Å². The van der Waals surface area contributed by atoms with Crippen LogP contribution in [0, 0.1) is 19.8 Å². The molecule has 1 atom stereocenters. The number of esters is 1. The SMILES string of the molecule is CCOC(=O)c1c(S(=O)(=O)N2CCCC(C(=O)Nc3ccc(C(C)=O)cc3)C2)c(C)n(C)c1C. The molecule has 0 saturated carbocycles. The van der Waals surface area contributed by atoms with Crippen molar-refractivity contribution >= 4 is 33.4 Å². The Hall–Kier alpha value is -2.98. The molecule has 0 spiro atoms. The van der Waals surface area contributed by atoms with Crippen LogP contribution in [-0.2, 0) is 26.6 Å². The van der Waals surface area contributed by atoms with Crippen LogP contribution in [-0.4, -0.2) is 54.6 Å². The minimum Gasteiger partial charge on any atom is -0.462 e. The summed E-state index contributed by atoms with van der Waals surface area (Å²) in [5, 5.41) is 2.81. The zero-order chi connectivity index (χ0) is 25.2. The lowest BCUT2D eigenvalue weighted by Gasteiger charge is -2.31. The zero-order valence-electron chi connectivity index (χ0n) is 20.2. The van der Waals surface area contributed by atoms with Gasteiger partial charge in [0.2, 0.25) is 15.9 Å². The van der Waals surface area contributed by atoms with Gasteiger partial charge >= 0.3 is 5.97 Å². The third kappa shape index (κ3) is 4.92. The molecule has 1 aliphatic rings. The van der Waals surface area contributed by atoms with E-state index in [1.165, 1.54) is 11.2 Å². The van der Waals surface area contributed by atoms with Gasteiger partial charge in [-0.15, -0.1) is 0 Å². The van der Waals surface area contributed by atoms with Crippen LogP contribution in [0.2, 0.25) is 0 Å². The standard InChI is InChI=1S/C24H31N3O6S/c1-6-33-24(30)21-15(2)26(5)16(3)22(21)34(31,32)27-13-7-8-19(14-27)23(29)25-20-11-9-18(10-12-20)17(4)28/h9-12,19H,6-8,13-14H2,1-5H3,(H,25,29). The lowest BCUT2D eigenvalue weighted by Crippen LogP contribution is -2.44. The number of amides is 1. The van der Waals surface area contributed by atoms with Crippen molar-refractivity contribution in [3.8, 4) is 0 Å². The first-order valence-electron chi connectivity index (χ1n) is 11.2. The van der Waals surface area contributed by atoms with E-state index in [1.54, 1.807) is 56.7 Å². The van der Waals surface area contributed by atoms with Gasteiger partial charge in [-0.1, -0.05) is 0 Å². The number of ketones is 1. The minimum atomic E-state index is -4.05. The van der Waals surface area contributed by atoms with E-state index < -0.39 is 21.9 Å². The second kappa shape index (κ2) is 10.1. The van der Waals surface area contributed by atoms with Crippen LogP contribution in [0.4, 0.5) is 5.69 Å². The summed E-state index contributed by atoms with van der Waals surface area (Å²) in [6.45, 7) is 6.87. The van der Waals surface area contributed by atoms with Gasteiger partial charge in [0.15, 0.2) is 5.78 Å². The van der Waals surface area contributed by atoms with Crippen molar-refractivity contribution in [3.05, 3.63) is 46.8 Å². The van der Waals surface area contributed by atoms with E-state index in [2.05, 4.69) is 5.32 Å². The summed E-state index contributed by atoms with van der Waals surface area (Å²) in [6, 6.07) is 6.56. The Labute approximate surface area is 200 Å². The summed E-state index contributed by atoms with van der Waals surface area (Å²) >= 11 is 0. The molecule has 34 heavy (non-hydrogen) atoms. The highest BCUT2D eigenvalue weighted by molar-refractivity contribution is 7.89. The second-order valence-electron chi connectivity index (χ2n) is 8.48. The number of piperidine rings is 1. The molecule has 3 rings (SSSR count). The smallest absolute Gasteiger partial charge is 0.341 e. The number of carbonyl (C=O) groups is 3. The van der Waals surface area contributed by atoms with Gasteiger partial charge in [0.1, 0.15) is 10.5 Å². The van der Waals surface area contributed by atoms with E-state index in [4.69, 9.17) is 4.74 Å². The molecule has 1 aromatic carbocycles. The molecule has 0 bridgehead atoms. The van der Waals surface area contributed by atoms with Crippen molar-refractivity contribution in [1.82, 2.24) is 8.87 Å². The first kappa shape index (κ1) is 25.6. The van der Waals surface area contributed by atoms with Crippen molar-refractivity contribution in [1.29, 1.82) is 0 Å². The number of Topliss-reactive ketones (excluding diaryl/α,β-unsaturated/α-hetero) is 1. The Balaban J connectivity index is 1.84. The molecule has 10 heteroatoms. The topological polar surface area (TPSA) is 115 Å². The molecule has 1 aliphatic heterocycles. The van der Waals surface area contributed by atoms with Crippen LogP contribution in [0.15, 0.2) is 29.2 Å². The average molecular weight is 490 g/mol. The first-order valence-corrected chi connectivity index (χ1v) is 12.7. The van der Waals surface area contributed by atoms with Crippen molar-refractivity contribution in [2.24, 2.45) is 13.0 Å². The van der Waals surface area contributed by atoms with Crippen molar-refractivity contribution in [2.75, 3.05) is 25.0 Å². The first-order chi connectivity index (χ1) is 16.0. The monoisotopic (exact) mass is 489 g/mol. The molecule has 9 nitrogen and oxygen atoms in total. The molecule has 1 aromatic heterocycles. The van der Waals surface area contributed by atoms with Crippen LogP contribution in [0.25, 0.3) is 0 Å². The lowest BCUT2D eigenvalue weighted by atomic mass is 9.98. The highest BCUT2D eigenvalue weighted by Crippen LogP contribution is 2.32. The number of aromatic nitrogens is 1. The Kier molecular flexibility index (Phi) is 7.62. The van der Waals surface area contributed by atoms with Gasteiger partial charge in [0, 0.05) is 42.8 Å². The van der Waals surface area contributed by atoms with Crippen LogP contribution in [0.3, 0.4) is 0 Å². The number of hydrogen-bond donors (Lipinski definition) is 1. The van der Waals surface area contributed by atoms with E-state index in [0.717, 1.165) is 0 Å². The molecular weight excluding hydrogens is 458 g/mol. The number of hydrogen-bond acceptors (Lipinski definition) is 6. The maximum atomic E-state index is 13.7. The van der Waals surface area contributed by atoms with E-state index in [9.17, 15) is 22.8 Å². The van der Waals surface area contributed by atoms with Crippen LogP contribution in [0.5, 0.6) is 0 Å². The van der Waals surface area contributed by atoms with Gasteiger partial charge in [-0.2, -0.15) is 4.31 Å². The fraction of sp³-hybridized carbons (Fsp3) is 0.458. The summed E-state index contributed by atoms with van der Waals surface area (Å²) in [7, 11) is -2.34. The summed E-state index contributed by atoms with van der Waals surface area (Å²) < 4.78 is 35.4. The van der Waals surface area contributed by atoms with Gasteiger partial charge in [0.05, 0.1) is 12.5 Å². The lowest BCUT2D eigenvalue weighted by molar-refractivity contribution is -0.120. The molecule has 1 unspecified atom stereocenters. The van der Waals surface area contributed by atoms with Gasteiger partial charge in [-0.05, 0) is 64.8 Å². The fourth-order valence-corrected chi connectivity index (χ4v) is 6.22. The minimum absolute atomic E-state index is 0.00927. The van der Waals surface area contributed by atoms with E-state index in [1.807, 2.05) is 0 Å². The van der Waals surface area contributed by atoms with Crippen molar-refractivity contribution < 1.29 is 27.5 Å². The average Bonchev–Trinajstić information content (AvgIpc) is 3.04. The third-order valence-corrected chi connectivity index (χ3v) is 8.34. The quantitative estimate of drug-likeness (QED) is 0.472. The summed E-state index contributed by atoms with van der Waals surface area (Å²) in [5.74, 6) is -1.59. The van der Waals surface area contributed by atoms with E-state index in [0.29, 0.717) is 35.5 Å². The van der Waals surface area contributed by atoms with Crippen molar-refractivity contribution in [2.45, 2.75) is 45.4 Å². The fourth-order valence-electron chi connectivity index (χ4n) is 4.21. The van der Waals surface area contributed by atoms with Crippen LogP contribution in [0.1, 0.15) is 58.8 Å². The van der Waals surface area contributed by atoms with Gasteiger partial charge in [-0.25, -0.2) is 13.2 Å². The second-order valence-corrected chi connectivity index (χ2v) is 10.4. The number of nitrogens with one attached hydrogen (secondary N) is 1. The molecule has 1 N–H and O–H groups in total. The predicted molar refractivity (Wildman–Crippen MR) is 127 cm³/mol. The maximum Gasteiger partial charge on any atom is 0.341 e. The highest BCUT2D eigenvalue weighted by Gasteiger charge is 2.39. The zero-order valence-corrected chi connectivity index (χ0v) is 21.0. The Morgan fingerprint density at radius 3 is 2.35 bits per heavy atom. The van der Waals surface area contributed by atoms with Gasteiger partial charge in [-0.3, -0.25) is 9.59 Å². The van der Waals surface area contributed by atoms with Gasteiger partial charge < -0.3 is 14.6 Å². The largest absolute Gasteiger partial charge is 0.462 e. The van der Waals surface area contributed by atoms with E-state index in [-0.39, 0.29) is 41.8 Å². The molecule has 1 saturated heterocycles. The normalized spacial score (nSPS) is 16.8. The maximum absolute atomic E-state index is 13.7. The summed E-state index contributed by atoms with van der Waals surface area (Å²) in [6.07, 6.45) is 1.06. The number of carbonyl (C=O) groups excluding carboxylic acids is 3. The summed E-state index contributed by atoms with van der Waals surface area (Å²) in [4.78, 5) is 36.9. The molecule has 0 radical (unpaired) electrons. The van der Waals surface area contributed by atoms with Crippen LogP contribution < -0.4 is 5.32 Å². The molecule has 1 fully saturated rings. The molecule has 2 heterocycles. The Morgan fingerprint density at radius 1 is 1.12 bits per heavy atom. The molecule has 0 aliphatic carbocycles. The number of anilines is 1. The number of rotatable bonds is 7. The molecule has 2 aromatic rings. The van der Waals surface area contributed by atoms with Crippen molar-refractivity contribution in [3.63, 3.8) is 0 Å².